The third kappa shape index (κ3) is 3.18. The van der Waals surface area contributed by atoms with Crippen molar-refractivity contribution in [2.75, 3.05) is 0 Å². The zero-order valence-electron chi connectivity index (χ0n) is 17.2. The number of benzene rings is 2. The van der Waals surface area contributed by atoms with E-state index < -0.39 is 0 Å². The van der Waals surface area contributed by atoms with Crippen LogP contribution in [0.3, 0.4) is 0 Å². The minimum Gasteiger partial charge on any atom is -0.507 e. The average molecular weight is 409 g/mol. The van der Waals surface area contributed by atoms with Crippen LogP contribution in [0.15, 0.2) is 77.7 Å². The van der Waals surface area contributed by atoms with Gasteiger partial charge in [0.1, 0.15) is 18.5 Å². The third-order valence-corrected chi connectivity index (χ3v) is 5.51. The fraction of sp³-hybridized carbons (Fsp3) is 0.0800. The van der Waals surface area contributed by atoms with E-state index in [0.717, 1.165) is 33.2 Å². The van der Waals surface area contributed by atoms with Gasteiger partial charge in [0.05, 0.1) is 22.3 Å². The molecule has 0 bridgehead atoms. The molecule has 3 heterocycles. The summed E-state index contributed by atoms with van der Waals surface area (Å²) in [5.41, 5.74) is 3.93. The lowest BCUT2D eigenvalue weighted by molar-refractivity contribution is -0.644. The fourth-order valence-corrected chi connectivity index (χ4v) is 3.90. The van der Waals surface area contributed by atoms with Crippen molar-refractivity contribution in [1.29, 1.82) is 0 Å². The maximum Gasteiger partial charge on any atom is 0.260 e. The molecular weight excluding hydrogens is 388 g/mol. The van der Waals surface area contributed by atoms with E-state index in [0.29, 0.717) is 5.65 Å². The number of aliphatic hydroxyl groups excluding tert-OH is 1. The Bertz CT molecular complexity index is 1530. The number of para-hydroxylation sites is 2. The van der Waals surface area contributed by atoms with Gasteiger partial charge in [-0.3, -0.25) is 4.79 Å². The maximum absolute atomic E-state index is 12.9. The lowest BCUT2D eigenvalue weighted by atomic mass is 10.1. The smallest absolute Gasteiger partial charge is 0.260 e. The van der Waals surface area contributed by atoms with Crippen molar-refractivity contribution in [2.45, 2.75) is 6.92 Å². The summed E-state index contributed by atoms with van der Waals surface area (Å²) in [5.74, 6) is -0.0889. The zero-order valence-corrected chi connectivity index (χ0v) is 17.2. The first-order valence-corrected chi connectivity index (χ1v) is 9.99. The largest absolute Gasteiger partial charge is 0.507 e. The highest BCUT2D eigenvalue weighted by atomic mass is 16.3. The molecular formula is C25H21N4O2+. The zero-order chi connectivity index (χ0) is 21.5. The second-order valence-corrected chi connectivity index (χ2v) is 7.54. The monoisotopic (exact) mass is 409 g/mol. The van der Waals surface area contributed by atoms with Gasteiger partial charge in [0.25, 0.3) is 5.56 Å². The number of aryl methyl sites for hydroxylation is 2. The van der Waals surface area contributed by atoms with Gasteiger partial charge in [-0.05, 0) is 42.8 Å². The lowest BCUT2D eigenvalue weighted by Gasteiger charge is -2.05. The maximum atomic E-state index is 12.9. The van der Waals surface area contributed by atoms with Crippen LogP contribution in [0.5, 0.6) is 0 Å². The minimum atomic E-state index is -0.371. The first-order valence-electron chi connectivity index (χ1n) is 9.99. The quantitative estimate of drug-likeness (QED) is 0.349. The summed E-state index contributed by atoms with van der Waals surface area (Å²) in [6.07, 6.45) is 3.57. The third-order valence-electron chi connectivity index (χ3n) is 5.51. The molecule has 2 aromatic carbocycles. The molecule has 0 radical (unpaired) electrons. The van der Waals surface area contributed by atoms with Crippen LogP contribution >= 0.6 is 0 Å². The van der Waals surface area contributed by atoms with Crippen LogP contribution in [0.4, 0.5) is 0 Å². The van der Waals surface area contributed by atoms with Crippen LogP contribution in [0.2, 0.25) is 0 Å². The number of nitrogens with zero attached hydrogens (tertiary/aromatic N) is 3. The van der Waals surface area contributed by atoms with Gasteiger partial charge in [-0.15, -0.1) is 0 Å². The van der Waals surface area contributed by atoms with Crippen molar-refractivity contribution in [3.8, 4) is 5.69 Å². The molecule has 5 rings (SSSR count). The van der Waals surface area contributed by atoms with E-state index in [-0.39, 0.29) is 16.9 Å². The van der Waals surface area contributed by atoms with Crippen molar-refractivity contribution < 1.29 is 9.67 Å². The molecule has 0 atom stereocenters. The highest BCUT2D eigenvalue weighted by molar-refractivity contribution is 5.92. The molecule has 0 fully saturated rings. The fourth-order valence-electron chi connectivity index (χ4n) is 3.90. The summed E-state index contributed by atoms with van der Waals surface area (Å²) in [4.78, 5) is 15.8. The van der Waals surface area contributed by atoms with Crippen molar-refractivity contribution in [3.05, 3.63) is 100 Å². The Morgan fingerprint density at radius 3 is 2.61 bits per heavy atom. The second kappa shape index (κ2) is 7.25. The van der Waals surface area contributed by atoms with Crippen LogP contribution in [-0.4, -0.2) is 19.9 Å². The summed E-state index contributed by atoms with van der Waals surface area (Å²) in [6.45, 7) is 1.88. The van der Waals surface area contributed by atoms with E-state index in [1.165, 1.54) is 0 Å². The van der Waals surface area contributed by atoms with Crippen LogP contribution in [-0.2, 0) is 7.05 Å². The molecule has 0 spiro atoms. The molecule has 0 aliphatic heterocycles. The second-order valence-electron chi connectivity index (χ2n) is 7.54. The molecule has 6 heteroatoms. The van der Waals surface area contributed by atoms with Crippen LogP contribution in [0.25, 0.3) is 39.5 Å². The minimum absolute atomic E-state index is 0.0889. The number of H-pyrrole nitrogens is 1. The molecule has 0 aliphatic rings. The molecule has 0 unspecified atom stereocenters. The summed E-state index contributed by atoms with van der Waals surface area (Å²) in [7, 11) is 1.97. The predicted octanol–water partition coefficient (Wildman–Crippen LogP) is 4.06. The Hall–Kier alpha value is -4.19. The topological polar surface area (TPSA) is 74.8 Å². The Balaban J connectivity index is 1.66. The molecule has 3 aromatic heterocycles. The highest BCUT2D eigenvalue weighted by Crippen LogP contribution is 2.24. The molecule has 0 saturated heterocycles. The normalized spacial score (nSPS) is 12.0. The van der Waals surface area contributed by atoms with Gasteiger partial charge < -0.3 is 10.1 Å². The molecule has 31 heavy (non-hydrogen) atoms. The van der Waals surface area contributed by atoms with Crippen molar-refractivity contribution in [1.82, 2.24) is 14.8 Å². The van der Waals surface area contributed by atoms with Crippen LogP contribution in [0.1, 0.15) is 16.8 Å². The number of aromatic nitrogens is 4. The van der Waals surface area contributed by atoms with Gasteiger partial charge in [0, 0.05) is 17.5 Å². The predicted molar refractivity (Wildman–Crippen MR) is 122 cm³/mol. The van der Waals surface area contributed by atoms with E-state index in [1.54, 1.807) is 16.8 Å². The van der Waals surface area contributed by atoms with Gasteiger partial charge in [-0.25, -0.2) is 9.25 Å². The van der Waals surface area contributed by atoms with Gasteiger partial charge in [0.2, 0.25) is 5.52 Å². The Kier molecular flexibility index (Phi) is 4.40. The van der Waals surface area contributed by atoms with E-state index in [9.17, 15) is 9.90 Å². The SMILES string of the molecule is Cc1nn(-c2ccccc2)c2[nH]c(=O)c(C(O)=Cc3cc[n+](C)c4ccccc34)cc12. The standard InChI is InChI=1S/C25H20N4O2/c1-16-20-15-21(25(31)26-24(20)29(27-16)18-8-4-3-5-9-18)23(30)14-17-12-13-28(2)22-11-7-6-10-19(17)22/h3-15H,1-2H3,(H,26,27,30,31)/p+1. The van der Waals surface area contributed by atoms with E-state index in [4.69, 9.17) is 0 Å². The van der Waals surface area contributed by atoms with Gasteiger partial charge in [-0.2, -0.15) is 5.10 Å². The number of hydrogen-bond donors (Lipinski definition) is 2. The Labute approximate surface area is 178 Å². The molecule has 6 nitrogen and oxygen atoms in total. The van der Waals surface area contributed by atoms with E-state index >= 15 is 0 Å². The molecule has 0 aliphatic carbocycles. The van der Waals surface area contributed by atoms with E-state index in [1.807, 2.05) is 85.4 Å². The van der Waals surface area contributed by atoms with E-state index in [2.05, 4.69) is 10.1 Å². The first-order chi connectivity index (χ1) is 15.0. The number of aliphatic hydroxyl groups is 1. The number of nitrogens with one attached hydrogen (secondary N) is 1. The number of aromatic amines is 1. The Morgan fingerprint density at radius 2 is 1.81 bits per heavy atom. The summed E-state index contributed by atoms with van der Waals surface area (Å²) >= 11 is 0. The highest BCUT2D eigenvalue weighted by Gasteiger charge is 2.16. The summed E-state index contributed by atoms with van der Waals surface area (Å²) in [5, 5.41) is 17.2. The average Bonchev–Trinajstić information content (AvgIpc) is 3.11. The molecule has 5 aromatic rings. The van der Waals surface area contributed by atoms with Gasteiger partial charge in [-0.1, -0.05) is 30.3 Å². The van der Waals surface area contributed by atoms with Crippen LogP contribution < -0.4 is 10.1 Å². The summed E-state index contributed by atoms with van der Waals surface area (Å²) in [6, 6.07) is 21.2. The molecule has 152 valence electrons. The lowest BCUT2D eigenvalue weighted by Crippen LogP contribution is -2.28. The summed E-state index contributed by atoms with van der Waals surface area (Å²) < 4.78 is 3.73. The van der Waals surface area contributed by atoms with Gasteiger partial charge in [0.15, 0.2) is 6.20 Å². The Morgan fingerprint density at radius 1 is 1.06 bits per heavy atom. The molecule has 2 N–H and O–H groups in total. The van der Waals surface area contributed by atoms with Crippen molar-refractivity contribution >= 4 is 33.8 Å². The number of pyridine rings is 2. The van der Waals surface area contributed by atoms with Crippen molar-refractivity contribution in [3.63, 3.8) is 0 Å². The number of hydrogen-bond acceptors (Lipinski definition) is 3. The first kappa shape index (κ1) is 18.8. The van der Waals surface area contributed by atoms with Gasteiger partial charge >= 0.3 is 0 Å². The molecule has 0 amide bonds. The van der Waals surface area contributed by atoms with Crippen LogP contribution in [0, 0.1) is 6.92 Å². The number of fused-ring (bicyclic) bond motifs is 2. The number of rotatable bonds is 3. The van der Waals surface area contributed by atoms with Crippen molar-refractivity contribution in [2.24, 2.45) is 7.05 Å². The molecule has 0 saturated carbocycles.